The summed E-state index contributed by atoms with van der Waals surface area (Å²) >= 11 is 0. The summed E-state index contributed by atoms with van der Waals surface area (Å²) in [5.41, 5.74) is 0.439. The first kappa shape index (κ1) is 15.8. The molecule has 0 bridgehead atoms. The number of nitrogens with one attached hydrogen (secondary N) is 1. The summed E-state index contributed by atoms with van der Waals surface area (Å²) in [4.78, 5) is 28.0. The lowest BCUT2D eigenvalue weighted by Crippen LogP contribution is -2.38. The van der Waals surface area contributed by atoms with Gasteiger partial charge in [-0.15, -0.1) is 0 Å². The summed E-state index contributed by atoms with van der Waals surface area (Å²) < 4.78 is 10.4. The van der Waals surface area contributed by atoms with Crippen molar-refractivity contribution in [1.29, 1.82) is 0 Å². The van der Waals surface area contributed by atoms with Gasteiger partial charge in [-0.3, -0.25) is 4.79 Å². The standard InChI is InChI=1S/C17H16N2O5/c1-2-23-17(22)14-12(20)8-11(19-15(14)21)13-9-18-16(24-13)10-6-4-3-5-7-10/h3-7,9,11,20H,2,8H2,1H3,(H,19,21). The van der Waals surface area contributed by atoms with Crippen LogP contribution in [0.25, 0.3) is 11.5 Å². The number of hydrogen-bond acceptors (Lipinski definition) is 6. The Labute approximate surface area is 138 Å². The zero-order valence-electron chi connectivity index (χ0n) is 13.0. The average Bonchev–Trinajstić information content (AvgIpc) is 3.05. The van der Waals surface area contributed by atoms with Gasteiger partial charge in [0.05, 0.1) is 18.8 Å². The molecule has 7 heteroatoms. The number of aliphatic hydroxyl groups excluding tert-OH is 1. The van der Waals surface area contributed by atoms with Crippen LogP contribution in [0, 0.1) is 0 Å². The SMILES string of the molecule is CCOC(=O)C1=C(O)CC(c2cnc(-c3ccccc3)o2)NC1=O. The number of benzene rings is 1. The number of amides is 1. The molecule has 1 atom stereocenters. The van der Waals surface area contributed by atoms with Crippen molar-refractivity contribution in [2.75, 3.05) is 6.61 Å². The second-order valence-corrected chi connectivity index (χ2v) is 5.21. The minimum atomic E-state index is -0.839. The van der Waals surface area contributed by atoms with Crippen LogP contribution >= 0.6 is 0 Å². The Bertz CT molecular complexity index is 794. The molecule has 1 aliphatic heterocycles. The van der Waals surface area contributed by atoms with E-state index in [0.717, 1.165) is 5.56 Å². The van der Waals surface area contributed by atoms with Crippen LogP contribution in [0.2, 0.25) is 0 Å². The van der Waals surface area contributed by atoms with E-state index in [1.54, 1.807) is 6.92 Å². The van der Waals surface area contributed by atoms with Gasteiger partial charge in [0.15, 0.2) is 5.57 Å². The van der Waals surface area contributed by atoms with Crippen molar-refractivity contribution in [3.05, 3.63) is 53.6 Å². The molecule has 0 aliphatic carbocycles. The van der Waals surface area contributed by atoms with Gasteiger partial charge >= 0.3 is 5.97 Å². The Morgan fingerprint density at radius 3 is 2.83 bits per heavy atom. The highest BCUT2D eigenvalue weighted by molar-refractivity contribution is 6.17. The third-order valence-electron chi connectivity index (χ3n) is 3.59. The van der Waals surface area contributed by atoms with Crippen molar-refractivity contribution in [3.63, 3.8) is 0 Å². The average molecular weight is 328 g/mol. The van der Waals surface area contributed by atoms with E-state index in [2.05, 4.69) is 10.3 Å². The number of ether oxygens (including phenoxy) is 1. The normalized spacial score (nSPS) is 17.5. The van der Waals surface area contributed by atoms with Crippen molar-refractivity contribution in [2.45, 2.75) is 19.4 Å². The zero-order valence-corrected chi connectivity index (χ0v) is 13.0. The summed E-state index contributed by atoms with van der Waals surface area (Å²) in [5, 5.41) is 12.7. The molecule has 1 aromatic heterocycles. The Morgan fingerprint density at radius 1 is 1.42 bits per heavy atom. The minimum Gasteiger partial charge on any atom is -0.511 e. The maximum atomic E-state index is 12.1. The molecule has 2 N–H and O–H groups in total. The van der Waals surface area contributed by atoms with E-state index in [1.807, 2.05) is 30.3 Å². The number of nitrogens with zero attached hydrogens (tertiary/aromatic N) is 1. The molecule has 3 rings (SSSR count). The van der Waals surface area contributed by atoms with Gasteiger partial charge in [-0.25, -0.2) is 9.78 Å². The second kappa shape index (κ2) is 6.57. The monoisotopic (exact) mass is 328 g/mol. The summed E-state index contributed by atoms with van der Waals surface area (Å²) in [5.74, 6) is -1.04. The quantitative estimate of drug-likeness (QED) is 0.659. The summed E-state index contributed by atoms with van der Waals surface area (Å²) in [6.45, 7) is 1.74. The molecule has 0 spiro atoms. The van der Waals surface area contributed by atoms with Gasteiger partial charge in [0.1, 0.15) is 11.5 Å². The van der Waals surface area contributed by atoms with E-state index in [4.69, 9.17) is 9.15 Å². The first-order valence-electron chi connectivity index (χ1n) is 7.51. The third kappa shape index (κ3) is 3.01. The van der Waals surface area contributed by atoms with Crippen molar-refractivity contribution in [2.24, 2.45) is 0 Å². The maximum Gasteiger partial charge on any atom is 0.347 e. The minimum absolute atomic E-state index is 0.0311. The van der Waals surface area contributed by atoms with E-state index in [0.29, 0.717) is 11.7 Å². The smallest absolute Gasteiger partial charge is 0.347 e. The lowest BCUT2D eigenvalue weighted by molar-refractivity contribution is -0.141. The molecule has 2 heterocycles. The molecule has 7 nitrogen and oxygen atoms in total. The van der Waals surface area contributed by atoms with Crippen LogP contribution in [0.4, 0.5) is 0 Å². The van der Waals surface area contributed by atoms with E-state index >= 15 is 0 Å². The molecule has 124 valence electrons. The van der Waals surface area contributed by atoms with Gasteiger partial charge < -0.3 is 19.6 Å². The third-order valence-corrected chi connectivity index (χ3v) is 3.59. The van der Waals surface area contributed by atoms with Crippen molar-refractivity contribution in [1.82, 2.24) is 10.3 Å². The molecule has 1 aliphatic rings. The van der Waals surface area contributed by atoms with Crippen LogP contribution in [-0.2, 0) is 14.3 Å². The molecular formula is C17H16N2O5. The Kier molecular flexibility index (Phi) is 4.33. The van der Waals surface area contributed by atoms with Gasteiger partial charge in [-0.2, -0.15) is 0 Å². The molecule has 0 saturated heterocycles. The molecule has 1 aromatic carbocycles. The summed E-state index contributed by atoms with van der Waals surface area (Å²) in [6.07, 6.45) is 1.53. The van der Waals surface area contributed by atoms with E-state index < -0.39 is 17.9 Å². The number of aromatic nitrogens is 1. The maximum absolute atomic E-state index is 12.1. The highest BCUT2D eigenvalue weighted by atomic mass is 16.5. The first-order valence-corrected chi connectivity index (χ1v) is 7.51. The van der Waals surface area contributed by atoms with Crippen LogP contribution in [-0.4, -0.2) is 28.6 Å². The second-order valence-electron chi connectivity index (χ2n) is 5.21. The topological polar surface area (TPSA) is 102 Å². The number of aliphatic hydroxyl groups is 1. The molecule has 24 heavy (non-hydrogen) atoms. The van der Waals surface area contributed by atoms with Gasteiger partial charge in [0.25, 0.3) is 5.91 Å². The van der Waals surface area contributed by atoms with Crippen LogP contribution in [0.3, 0.4) is 0 Å². The number of oxazole rings is 1. The fourth-order valence-corrected chi connectivity index (χ4v) is 2.46. The molecular weight excluding hydrogens is 312 g/mol. The fraction of sp³-hybridized carbons (Fsp3) is 0.235. The highest BCUT2D eigenvalue weighted by Gasteiger charge is 2.34. The van der Waals surface area contributed by atoms with Crippen LogP contribution in [0.5, 0.6) is 0 Å². The Balaban J connectivity index is 1.82. The van der Waals surface area contributed by atoms with Crippen molar-refractivity contribution in [3.8, 4) is 11.5 Å². The predicted molar refractivity (Wildman–Crippen MR) is 83.7 cm³/mol. The Hall–Kier alpha value is -3.09. The Morgan fingerprint density at radius 2 is 2.17 bits per heavy atom. The number of esters is 1. The molecule has 2 aromatic rings. The van der Waals surface area contributed by atoms with Crippen molar-refractivity contribution < 1.29 is 23.8 Å². The summed E-state index contributed by atoms with van der Waals surface area (Å²) in [6, 6.07) is 8.72. The van der Waals surface area contributed by atoms with Crippen molar-refractivity contribution >= 4 is 11.9 Å². The molecule has 0 saturated carbocycles. The largest absolute Gasteiger partial charge is 0.511 e. The van der Waals surface area contributed by atoms with Gasteiger partial charge in [-0.05, 0) is 19.1 Å². The molecule has 0 fully saturated rings. The van der Waals surface area contributed by atoms with Gasteiger partial charge in [-0.1, -0.05) is 18.2 Å². The predicted octanol–water partition coefficient (Wildman–Crippen LogP) is 2.28. The van der Waals surface area contributed by atoms with Crippen LogP contribution < -0.4 is 5.32 Å². The van der Waals surface area contributed by atoms with Crippen LogP contribution in [0.15, 0.2) is 52.3 Å². The number of rotatable bonds is 4. The molecule has 1 amide bonds. The van der Waals surface area contributed by atoms with Gasteiger partial charge in [0, 0.05) is 12.0 Å². The van der Waals surface area contributed by atoms with E-state index in [1.165, 1.54) is 6.20 Å². The lowest BCUT2D eigenvalue weighted by Gasteiger charge is -2.22. The van der Waals surface area contributed by atoms with E-state index in [9.17, 15) is 14.7 Å². The molecule has 1 unspecified atom stereocenters. The van der Waals surface area contributed by atoms with E-state index in [-0.39, 0.29) is 24.4 Å². The first-order chi connectivity index (χ1) is 11.6. The fourth-order valence-electron chi connectivity index (χ4n) is 2.46. The number of carbonyl (C=O) groups is 2. The summed E-state index contributed by atoms with van der Waals surface area (Å²) in [7, 11) is 0. The zero-order chi connectivity index (χ0) is 17.1. The molecule has 0 radical (unpaired) electrons. The number of hydrogen-bond donors (Lipinski definition) is 2. The lowest BCUT2D eigenvalue weighted by atomic mass is 10.0. The van der Waals surface area contributed by atoms with Gasteiger partial charge in [0.2, 0.25) is 5.89 Å². The van der Waals surface area contributed by atoms with Crippen LogP contribution in [0.1, 0.15) is 25.1 Å². The number of carbonyl (C=O) groups excluding carboxylic acids is 2. The highest BCUT2D eigenvalue weighted by Crippen LogP contribution is 2.29.